The van der Waals surface area contributed by atoms with Crippen molar-refractivity contribution >= 4 is 11.9 Å². The Hall–Kier alpha value is -2.89. The first-order chi connectivity index (χ1) is 12.5. The van der Waals surface area contributed by atoms with Crippen molar-refractivity contribution < 1.29 is 23.8 Å². The van der Waals surface area contributed by atoms with Gasteiger partial charge in [0.15, 0.2) is 11.6 Å². The number of hydrogen-bond acceptors (Lipinski definition) is 3. The van der Waals surface area contributed by atoms with Gasteiger partial charge in [0.05, 0.1) is 19.4 Å². The maximum atomic E-state index is 13.8. The van der Waals surface area contributed by atoms with E-state index in [9.17, 15) is 19.1 Å². The van der Waals surface area contributed by atoms with Crippen LogP contribution in [0, 0.1) is 11.7 Å². The molecule has 0 bridgehead atoms. The minimum atomic E-state index is -0.912. The van der Waals surface area contributed by atoms with Crippen molar-refractivity contribution in [3.8, 4) is 5.75 Å². The highest BCUT2D eigenvalue weighted by molar-refractivity contribution is 5.81. The Morgan fingerprint density at radius 2 is 1.92 bits per heavy atom. The second kappa shape index (κ2) is 7.56. The molecule has 1 fully saturated rings. The molecule has 3 rings (SSSR count). The molecule has 1 aliphatic rings. The van der Waals surface area contributed by atoms with Crippen LogP contribution in [0.1, 0.15) is 17.0 Å². The fraction of sp³-hybridized carbons (Fsp3) is 0.300. The van der Waals surface area contributed by atoms with Crippen LogP contribution in [0.5, 0.6) is 5.75 Å². The number of rotatable bonds is 5. The van der Waals surface area contributed by atoms with Crippen LogP contribution in [0.25, 0.3) is 0 Å². The number of carbonyl (C=O) groups excluding carboxylic acids is 1. The summed E-state index contributed by atoms with van der Waals surface area (Å²) in [6.45, 7) is 0.505. The molecule has 2 aromatic rings. The van der Waals surface area contributed by atoms with Crippen molar-refractivity contribution in [1.29, 1.82) is 0 Å². The Balaban J connectivity index is 1.74. The Morgan fingerprint density at radius 1 is 1.19 bits per heavy atom. The number of ether oxygens (including phenoxy) is 1. The van der Waals surface area contributed by atoms with Gasteiger partial charge in [-0.25, -0.2) is 4.39 Å². The van der Waals surface area contributed by atoms with Crippen molar-refractivity contribution in [2.75, 3.05) is 20.2 Å². The third-order valence-electron chi connectivity index (χ3n) is 4.79. The molecular weight excluding hydrogens is 337 g/mol. The minimum Gasteiger partial charge on any atom is -0.494 e. The molecule has 0 radical (unpaired) electrons. The lowest BCUT2D eigenvalue weighted by atomic mass is 9.89. The van der Waals surface area contributed by atoms with Gasteiger partial charge in [0.25, 0.3) is 0 Å². The number of halogens is 1. The molecule has 2 aromatic carbocycles. The second-order valence-electron chi connectivity index (χ2n) is 6.41. The molecule has 1 saturated heterocycles. The lowest BCUT2D eigenvalue weighted by molar-refractivity contribution is -0.141. The van der Waals surface area contributed by atoms with Gasteiger partial charge >= 0.3 is 5.97 Å². The van der Waals surface area contributed by atoms with E-state index >= 15 is 0 Å². The number of carbonyl (C=O) groups is 2. The lowest BCUT2D eigenvalue weighted by Gasteiger charge is -2.17. The summed E-state index contributed by atoms with van der Waals surface area (Å²) < 4.78 is 18.7. The van der Waals surface area contributed by atoms with Crippen LogP contribution in [0.2, 0.25) is 0 Å². The van der Waals surface area contributed by atoms with Gasteiger partial charge in [-0.1, -0.05) is 36.4 Å². The van der Waals surface area contributed by atoms with E-state index in [4.69, 9.17) is 4.74 Å². The fourth-order valence-electron chi connectivity index (χ4n) is 3.40. The number of nitrogens with zero attached hydrogens (tertiary/aromatic N) is 1. The van der Waals surface area contributed by atoms with Crippen molar-refractivity contribution in [3.05, 3.63) is 65.5 Å². The third-order valence-corrected chi connectivity index (χ3v) is 4.79. The van der Waals surface area contributed by atoms with E-state index in [0.29, 0.717) is 12.1 Å². The molecule has 0 saturated carbocycles. The summed E-state index contributed by atoms with van der Waals surface area (Å²) in [5.41, 5.74) is 1.44. The predicted octanol–water partition coefficient (Wildman–Crippen LogP) is 2.70. The molecule has 1 amide bonds. The molecule has 0 aliphatic carbocycles. The Bertz CT molecular complexity index is 809. The average molecular weight is 357 g/mol. The molecule has 2 atom stereocenters. The maximum absolute atomic E-state index is 13.8. The largest absolute Gasteiger partial charge is 0.494 e. The minimum absolute atomic E-state index is 0.0226. The summed E-state index contributed by atoms with van der Waals surface area (Å²) in [6, 6.07) is 13.7. The van der Waals surface area contributed by atoms with Gasteiger partial charge < -0.3 is 14.7 Å². The summed E-state index contributed by atoms with van der Waals surface area (Å²) in [6.07, 6.45) is 0.0226. The van der Waals surface area contributed by atoms with E-state index < -0.39 is 17.7 Å². The highest BCUT2D eigenvalue weighted by Crippen LogP contribution is 2.33. The van der Waals surface area contributed by atoms with Crippen molar-refractivity contribution in [3.63, 3.8) is 0 Å². The molecule has 1 N–H and O–H groups in total. The quantitative estimate of drug-likeness (QED) is 0.893. The molecule has 6 heteroatoms. The van der Waals surface area contributed by atoms with Crippen LogP contribution in [0.15, 0.2) is 48.5 Å². The summed E-state index contributed by atoms with van der Waals surface area (Å²) in [7, 11) is 1.38. The first-order valence-corrected chi connectivity index (χ1v) is 8.37. The van der Waals surface area contributed by atoms with E-state index in [-0.39, 0.29) is 30.5 Å². The van der Waals surface area contributed by atoms with Gasteiger partial charge in [-0.3, -0.25) is 9.59 Å². The number of carboxylic acids is 1. The number of likely N-dealkylation sites (tertiary alicyclic amines) is 1. The number of hydrogen-bond donors (Lipinski definition) is 1. The van der Waals surface area contributed by atoms with Gasteiger partial charge in [0.1, 0.15) is 0 Å². The molecule has 0 aromatic heterocycles. The van der Waals surface area contributed by atoms with Crippen molar-refractivity contribution in [2.24, 2.45) is 5.92 Å². The predicted molar refractivity (Wildman–Crippen MR) is 93.5 cm³/mol. The number of carboxylic acid groups (broad SMARTS) is 1. The van der Waals surface area contributed by atoms with E-state index in [2.05, 4.69) is 0 Å². The highest BCUT2D eigenvalue weighted by Gasteiger charge is 2.40. The summed E-state index contributed by atoms with van der Waals surface area (Å²) in [5.74, 6) is -2.41. The molecule has 136 valence electrons. The summed E-state index contributed by atoms with van der Waals surface area (Å²) in [5, 5.41) is 9.53. The van der Waals surface area contributed by atoms with Crippen molar-refractivity contribution in [2.45, 2.75) is 12.3 Å². The van der Waals surface area contributed by atoms with Crippen LogP contribution >= 0.6 is 0 Å². The SMILES string of the molecule is COc1ccc(CC(=O)N2CC(C(=O)O)C(c3ccccc3)C2)cc1F. The van der Waals surface area contributed by atoms with Crippen LogP contribution in [0.3, 0.4) is 0 Å². The van der Waals surface area contributed by atoms with Gasteiger partial charge in [0, 0.05) is 19.0 Å². The molecule has 26 heavy (non-hydrogen) atoms. The lowest BCUT2D eigenvalue weighted by Crippen LogP contribution is -2.31. The Kier molecular flexibility index (Phi) is 5.21. The van der Waals surface area contributed by atoms with Gasteiger partial charge in [0.2, 0.25) is 5.91 Å². The highest BCUT2D eigenvalue weighted by atomic mass is 19.1. The van der Waals surface area contributed by atoms with E-state index in [1.54, 1.807) is 11.0 Å². The standard InChI is InChI=1S/C20H20FNO4/c1-26-18-8-7-13(9-17(18)21)10-19(23)22-11-15(16(12-22)20(24)25)14-5-3-2-4-6-14/h2-9,15-16H,10-12H2,1H3,(H,24,25). The van der Waals surface area contributed by atoms with Crippen LogP contribution in [0.4, 0.5) is 4.39 Å². The number of amides is 1. The zero-order chi connectivity index (χ0) is 18.7. The topological polar surface area (TPSA) is 66.8 Å². The molecule has 5 nitrogen and oxygen atoms in total. The first kappa shape index (κ1) is 17.9. The van der Waals surface area contributed by atoms with E-state index in [1.165, 1.54) is 19.2 Å². The molecular formula is C20H20FNO4. The van der Waals surface area contributed by atoms with Gasteiger partial charge in [-0.05, 0) is 23.3 Å². The zero-order valence-electron chi connectivity index (χ0n) is 14.4. The van der Waals surface area contributed by atoms with E-state index in [1.807, 2.05) is 30.3 Å². The Labute approximate surface area is 151 Å². The number of aliphatic carboxylic acids is 1. The van der Waals surface area contributed by atoms with Crippen LogP contribution < -0.4 is 4.74 Å². The normalized spacial score (nSPS) is 19.4. The first-order valence-electron chi connectivity index (χ1n) is 8.37. The fourth-order valence-corrected chi connectivity index (χ4v) is 3.40. The summed E-state index contributed by atoms with van der Waals surface area (Å²) >= 11 is 0. The van der Waals surface area contributed by atoms with E-state index in [0.717, 1.165) is 5.56 Å². The average Bonchev–Trinajstić information content (AvgIpc) is 3.08. The Morgan fingerprint density at radius 3 is 2.54 bits per heavy atom. The van der Waals surface area contributed by atoms with Crippen LogP contribution in [-0.2, 0) is 16.0 Å². The molecule has 0 spiro atoms. The van der Waals surface area contributed by atoms with Gasteiger partial charge in [-0.15, -0.1) is 0 Å². The zero-order valence-corrected chi connectivity index (χ0v) is 14.4. The molecule has 2 unspecified atom stereocenters. The molecule has 1 heterocycles. The monoisotopic (exact) mass is 357 g/mol. The van der Waals surface area contributed by atoms with Gasteiger partial charge in [-0.2, -0.15) is 0 Å². The second-order valence-corrected chi connectivity index (χ2v) is 6.41. The van der Waals surface area contributed by atoms with Crippen LogP contribution in [-0.4, -0.2) is 42.1 Å². The number of methoxy groups -OCH3 is 1. The van der Waals surface area contributed by atoms with Crippen molar-refractivity contribution in [1.82, 2.24) is 4.90 Å². The number of benzene rings is 2. The smallest absolute Gasteiger partial charge is 0.308 e. The summed E-state index contributed by atoms with van der Waals surface area (Å²) in [4.78, 5) is 25.8. The maximum Gasteiger partial charge on any atom is 0.308 e. The third kappa shape index (κ3) is 3.69. The molecule has 1 aliphatic heterocycles.